The quantitative estimate of drug-likeness (QED) is 0.828. The third kappa shape index (κ3) is 4.02. The lowest BCUT2D eigenvalue weighted by Gasteiger charge is -2.12. The van der Waals surface area contributed by atoms with Crippen molar-refractivity contribution in [3.63, 3.8) is 0 Å². The molecule has 6 heteroatoms. The molecule has 0 saturated heterocycles. The average molecular weight is 307 g/mol. The van der Waals surface area contributed by atoms with Crippen LogP contribution in [0.5, 0.6) is 11.5 Å². The molecule has 0 aromatic heterocycles. The number of benzene rings is 2. The largest absolute Gasteiger partial charge is 0.695 e. The fourth-order valence-electron chi connectivity index (χ4n) is 1.96. The first-order valence-electron chi connectivity index (χ1n) is 6.25. The maximum Gasteiger partial charge on any atom is 0.695 e. The molecular weight excluding hydrogens is 291 g/mol. The minimum atomic E-state index is -2.72. The van der Waals surface area contributed by atoms with E-state index in [2.05, 4.69) is 0 Å². The highest BCUT2D eigenvalue weighted by atomic mass is 31.1. The van der Waals surface area contributed by atoms with Crippen LogP contribution < -0.4 is 9.47 Å². The predicted molar refractivity (Wildman–Crippen MR) is 78.7 cm³/mol. The van der Waals surface area contributed by atoms with Crippen molar-refractivity contribution in [2.45, 2.75) is 6.10 Å². The van der Waals surface area contributed by atoms with Gasteiger partial charge in [-0.1, -0.05) is 24.3 Å². The van der Waals surface area contributed by atoms with Crippen LogP contribution in [0.15, 0.2) is 48.5 Å². The van der Waals surface area contributed by atoms with E-state index >= 15 is 0 Å². The Hall–Kier alpha value is -1.94. The summed E-state index contributed by atoms with van der Waals surface area (Å²) in [4.78, 5) is 9.08. The van der Waals surface area contributed by atoms with Crippen molar-refractivity contribution in [1.82, 2.24) is 0 Å². The second kappa shape index (κ2) is 7.18. The molecule has 0 aliphatic rings. The van der Waals surface area contributed by atoms with Gasteiger partial charge in [-0.3, -0.25) is 0 Å². The molecule has 0 saturated carbocycles. The van der Waals surface area contributed by atoms with Crippen LogP contribution in [0.4, 0.5) is 0 Å². The lowest BCUT2D eigenvalue weighted by molar-refractivity contribution is 0.226. The third-order valence-electron chi connectivity index (χ3n) is 3.03. The SMILES string of the molecule is COc1ccc(C(O[P+](=O)O)c2ccc(OC)cc2)cc1. The number of rotatable bonds is 6. The number of hydrogen-bond donors (Lipinski definition) is 1. The van der Waals surface area contributed by atoms with E-state index in [4.69, 9.17) is 18.9 Å². The molecule has 21 heavy (non-hydrogen) atoms. The van der Waals surface area contributed by atoms with Crippen molar-refractivity contribution in [3.8, 4) is 11.5 Å². The summed E-state index contributed by atoms with van der Waals surface area (Å²) in [6.07, 6.45) is -0.629. The highest BCUT2D eigenvalue weighted by Gasteiger charge is 2.26. The van der Waals surface area contributed by atoms with E-state index in [-0.39, 0.29) is 0 Å². The molecule has 1 N–H and O–H groups in total. The second-order valence-corrected chi connectivity index (χ2v) is 4.96. The molecule has 0 heterocycles. The molecule has 1 unspecified atom stereocenters. The second-order valence-electron chi connectivity index (χ2n) is 4.27. The highest BCUT2D eigenvalue weighted by molar-refractivity contribution is 7.32. The highest BCUT2D eigenvalue weighted by Crippen LogP contribution is 2.35. The molecule has 1 atom stereocenters. The van der Waals surface area contributed by atoms with Crippen molar-refractivity contribution < 1.29 is 23.5 Å². The van der Waals surface area contributed by atoms with Gasteiger partial charge in [-0.25, -0.2) is 0 Å². The molecule has 0 fully saturated rings. The Kier molecular flexibility index (Phi) is 5.28. The molecule has 0 bridgehead atoms. The fraction of sp³-hybridized carbons (Fsp3) is 0.200. The number of hydrogen-bond acceptors (Lipinski definition) is 4. The molecule has 0 radical (unpaired) electrons. The van der Waals surface area contributed by atoms with Crippen molar-refractivity contribution in [2.75, 3.05) is 14.2 Å². The predicted octanol–water partition coefficient (Wildman–Crippen LogP) is 3.46. The van der Waals surface area contributed by atoms with Gasteiger partial charge in [0.05, 0.1) is 14.2 Å². The summed E-state index contributed by atoms with van der Waals surface area (Å²) in [5.74, 6) is 1.42. The molecule has 2 rings (SSSR count). The van der Waals surface area contributed by atoms with Crippen molar-refractivity contribution in [1.29, 1.82) is 0 Å². The summed E-state index contributed by atoms with van der Waals surface area (Å²) in [7, 11) is 0.439. The van der Waals surface area contributed by atoms with E-state index in [1.807, 2.05) is 0 Å². The first-order valence-corrected chi connectivity index (χ1v) is 7.38. The summed E-state index contributed by atoms with van der Waals surface area (Å²) < 4.78 is 26.4. The molecule has 0 amide bonds. The topological polar surface area (TPSA) is 65.0 Å². The van der Waals surface area contributed by atoms with Crippen molar-refractivity contribution >= 4 is 8.25 Å². The minimum Gasteiger partial charge on any atom is -0.497 e. The molecule has 2 aromatic carbocycles. The maximum absolute atomic E-state index is 11.1. The lowest BCUT2D eigenvalue weighted by atomic mass is 10.0. The monoisotopic (exact) mass is 307 g/mol. The van der Waals surface area contributed by atoms with Gasteiger partial charge in [0.15, 0.2) is 6.10 Å². The molecule has 0 aliphatic carbocycles. The Morgan fingerprint density at radius 3 is 1.52 bits per heavy atom. The summed E-state index contributed by atoms with van der Waals surface area (Å²) in [5, 5.41) is 0. The molecule has 0 spiro atoms. The zero-order chi connectivity index (χ0) is 15.2. The number of ether oxygens (including phenoxy) is 2. The summed E-state index contributed by atoms with van der Waals surface area (Å²) in [6, 6.07) is 14.3. The van der Waals surface area contributed by atoms with Gasteiger partial charge >= 0.3 is 8.25 Å². The average Bonchev–Trinajstić information content (AvgIpc) is 2.53. The Bertz CT molecular complexity index is 547. The molecule has 110 valence electrons. The maximum atomic E-state index is 11.1. The van der Waals surface area contributed by atoms with Crippen LogP contribution in [-0.4, -0.2) is 19.1 Å². The number of methoxy groups -OCH3 is 2. The van der Waals surface area contributed by atoms with Crippen molar-refractivity contribution in [2.24, 2.45) is 0 Å². The molecule has 5 nitrogen and oxygen atoms in total. The van der Waals surface area contributed by atoms with Crippen LogP contribution in [0.2, 0.25) is 0 Å². The Labute approximate surface area is 124 Å². The standard InChI is InChI=1S/C15H15O5P/c1-18-13-7-3-11(4-8-13)15(20-21(16)17)12-5-9-14(19-2)10-6-12/h3-10,15H,1-2H3/p+1. The summed E-state index contributed by atoms with van der Waals surface area (Å²) in [6.45, 7) is 0. The van der Waals surface area contributed by atoms with Gasteiger partial charge in [0.1, 0.15) is 11.5 Å². The van der Waals surface area contributed by atoms with Crippen LogP contribution in [0.3, 0.4) is 0 Å². The van der Waals surface area contributed by atoms with Gasteiger partial charge in [-0.05, 0) is 35.4 Å². The zero-order valence-corrected chi connectivity index (χ0v) is 12.6. The van der Waals surface area contributed by atoms with E-state index in [1.54, 1.807) is 62.8 Å². The summed E-state index contributed by atoms with van der Waals surface area (Å²) in [5.41, 5.74) is 1.52. The van der Waals surface area contributed by atoms with E-state index in [1.165, 1.54) is 0 Å². The molecular formula is C15H16O5P+. The lowest BCUT2D eigenvalue weighted by Crippen LogP contribution is -2.02. The minimum absolute atomic E-state index is 0.629. The Balaban J connectivity index is 2.33. The van der Waals surface area contributed by atoms with E-state index in [0.717, 1.165) is 11.1 Å². The first kappa shape index (κ1) is 15.4. The Morgan fingerprint density at radius 1 is 0.857 bits per heavy atom. The normalized spacial score (nSPS) is 11.3. The summed E-state index contributed by atoms with van der Waals surface area (Å²) >= 11 is 0. The Morgan fingerprint density at radius 2 is 1.24 bits per heavy atom. The van der Waals surface area contributed by atoms with Gasteiger partial charge in [0.2, 0.25) is 0 Å². The van der Waals surface area contributed by atoms with Crippen LogP contribution in [0.1, 0.15) is 17.2 Å². The molecule has 2 aromatic rings. The van der Waals surface area contributed by atoms with Gasteiger partial charge in [-0.15, -0.1) is 9.42 Å². The van der Waals surface area contributed by atoms with Gasteiger partial charge in [-0.2, -0.15) is 0 Å². The van der Waals surface area contributed by atoms with Crippen molar-refractivity contribution in [3.05, 3.63) is 59.7 Å². The van der Waals surface area contributed by atoms with Crippen LogP contribution >= 0.6 is 8.25 Å². The fourth-order valence-corrected chi connectivity index (χ4v) is 2.39. The molecule has 0 aliphatic heterocycles. The van der Waals surface area contributed by atoms with E-state index < -0.39 is 14.4 Å². The smallest absolute Gasteiger partial charge is 0.497 e. The van der Waals surface area contributed by atoms with Crippen LogP contribution in [-0.2, 0) is 9.09 Å². The first-order chi connectivity index (χ1) is 10.1. The third-order valence-corrected chi connectivity index (χ3v) is 3.42. The van der Waals surface area contributed by atoms with Gasteiger partial charge in [0.25, 0.3) is 0 Å². The van der Waals surface area contributed by atoms with Gasteiger partial charge in [0, 0.05) is 4.57 Å². The zero-order valence-electron chi connectivity index (χ0n) is 11.7. The van der Waals surface area contributed by atoms with Gasteiger partial charge < -0.3 is 9.47 Å². The van der Waals surface area contributed by atoms with Crippen LogP contribution in [0, 0.1) is 0 Å². The van der Waals surface area contributed by atoms with E-state index in [0.29, 0.717) is 11.5 Å². The van der Waals surface area contributed by atoms with Crippen LogP contribution in [0.25, 0.3) is 0 Å². The van der Waals surface area contributed by atoms with E-state index in [9.17, 15) is 4.57 Å².